The van der Waals surface area contributed by atoms with E-state index in [1.807, 2.05) is 0 Å². The molecule has 0 aliphatic carbocycles. The molecule has 1 fully saturated rings. The van der Waals surface area contributed by atoms with Crippen molar-refractivity contribution in [2.24, 2.45) is 0 Å². The minimum Gasteiger partial charge on any atom is -0.495 e. The summed E-state index contributed by atoms with van der Waals surface area (Å²) in [4.78, 5) is 16.6. The Morgan fingerprint density at radius 1 is 1.10 bits per heavy atom. The van der Waals surface area contributed by atoms with Crippen LogP contribution in [-0.4, -0.2) is 36.3 Å². The Balaban J connectivity index is 2.15. The van der Waals surface area contributed by atoms with Gasteiger partial charge in [0.2, 0.25) is 0 Å². The SMILES string of the molecule is COc1cnc(NC(=O)c2ccccc2)c(B2OC(C)(C)C(C)(C)O2)c1C(F)(F)F. The first kappa shape index (κ1) is 22.1. The summed E-state index contributed by atoms with van der Waals surface area (Å²) in [6, 6.07) is 8.09. The van der Waals surface area contributed by atoms with Crippen LogP contribution in [0, 0.1) is 0 Å². The molecule has 1 aromatic heterocycles. The molecule has 6 nitrogen and oxygen atoms in total. The molecule has 0 unspecified atom stereocenters. The number of carbonyl (C=O) groups is 1. The van der Waals surface area contributed by atoms with E-state index in [-0.39, 0.29) is 11.4 Å². The second-order valence-corrected chi connectivity index (χ2v) is 7.87. The molecule has 1 saturated heterocycles. The number of ether oxygens (including phenoxy) is 1. The van der Waals surface area contributed by atoms with Crippen LogP contribution in [0.5, 0.6) is 5.75 Å². The van der Waals surface area contributed by atoms with Crippen molar-refractivity contribution in [2.75, 3.05) is 12.4 Å². The molecule has 0 radical (unpaired) electrons. The van der Waals surface area contributed by atoms with Gasteiger partial charge in [-0.15, -0.1) is 0 Å². The average Bonchev–Trinajstić information content (AvgIpc) is 2.88. The Morgan fingerprint density at radius 3 is 2.17 bits per heavy atom. The molecule has 160 valence electrons. The van der Waals surface area contributed by atoms with Gasteiger partial charge < -0.3 is 19.4 Å². The first-order valence-corrected chi connectivity index (χ1v) is 9.23. The van der Waals surface area contributed by atoms with E-state index in [1.54, 1.807) is 45.9 Å². The van der Waals surface area contributed by atoms with Gasteiger partial charge in [-0.25, -0.2) is 4.98 Å². The van der Waals surface area contributed by atoms with Crippen LogP contribution >= 0.6 is 0 Å². The fraction of sp³-hybridized carbons (Fsp3) is 0.400. The van der Waals surface area contributed by atoms with Crippen LogP contribution in [0.3, 0.4) is 0 Å². The molecule has 1 aliphatic heterocycles. The molecule has 1 N–H and O–H groups in total. The number of pyridine rings is 1. The van der Waals surface area contributed by atoms with E-state index in [9.17, 15) is 18.0 Å². The number of aromatic nitrogens is 1. The van der Waals surface area contributed by atoms with Crippen LogP contribution in [0.2, 0.25) is 0 Å². The number of carbonyl (C=O) groups excluding carboxylic acids is 1. The molecular weight excluding hydrogens is 400 g/mol. The highest BCUT2D eigenvalue weighted by atomic mass is 19.4. The number of rotatable bonds is 4. The van der Waals surface area contributed by atoms with Gasteiger partial charge in [-0.2, -0.15) is 13.2 Å². The predicted octanol–water partition coefficient (Wildman–Crippen LogP) is 3.66. The third-order valence-electron chi connectivity index (χ3n) is 5.34. The zero-order chi connectivity index (χ0) is 22.3. The number of nitrogens with one attached hydrogen (secondary N) is 1. The smallest absolute Gasteiger partial charge is 0.495 e. The molecule has 30 heavy (non-hydrogen) atoms. The molecule has 0 saturated carbocycles. The molecular formula is C20H22BF3N2O4. The highest BCUT2D eigenvalue weighted by Gasteiger charge is 2.55. The highest BCUT2D eigenvalue weighted by Crippen LogP contribution is 2.41. The van der Waals surface area contributed by atoms with Gasteiger partial charge in [0, 0.05) is 11.0 Å². The Labute approximate surface area is 172 Å². The maximum atomic E-state index is 14.0. The topological polar surface area (TPSA) is 69.7 Å². The molecule has 0 atom stereocenters. The van der Waals surface area contributed by atoms with Crippen molar-refractivity contribution in [3.63, 3.8) is 0 Å². The predicted molar refractivity (Wildman–Crippen MR) is 106 cm³/mol. The van der Waals surface area contributed by atoms with Gasteiger partial charge in [0.15, 0.2) is 0 Å². The average molecular weight is 422 g/mol. The first-order chi connectivity index (χ1) is 13.9. The quantitative estimate of drug-likeness (QED) is 0.762. The number of anilines is 1. The van der Waals surface area contributed by atoms with E-state index < -0.39 is 47.2 Å². The van der Waals surface area contributed by atoms with Crippen LogP contribution in [0.4, 0.5) is 19.0 Å². The Kier molecular flexibility index (Phi) is 5.59. The van der Waals surface area contributed by atoms with Crippen LogP contribution in [0.1, 0.15) is 43.6 Å². The summed E-state index contributed by atoms with van der Waals surface area (Å²) < 4.78 is 58.7. The van der Waals surface area contributed by atoms with Crippen LogP contribution < -0.4 is 15.5 Å². The summed E-state index contributed by atoms with van der Waals surface area (Å²) >= 11 is 0. The molecule has 0 spiro atoms. The lowest BCUT2D eigenvalue weighted by Crippen LogP contribution is -2.42. The lowest BCUT2D eigenvalue weighted by Gasteiger charge is -2.32. The number of methoxy groups -OCH3 is 1. The number of benzene rings is 1. The second kappa shape index (κ2) is 7.59. The Morgan fingerprint density at radius 2 is 1.67 bits per heavy atom. The van der Waals surface area contributed by atoms with Gasteiger partial charge in [-0.3, -0.25) is 4.79 Å². The van der Waals surface area contributed by atoms with Crippen molar-refractivity contribution in [3.8, 4) is 5.75 Å². The van der Waals surface area contributed by atoms with E-state index in [4.69, 9.17) is 14.0 Å². The third kappa shape index (κ3) is 4.02. The molecule has 0 bridgehead atoms. The third-order valence-corrected chi connectivity index (χ3v) is 5.34. The summed E-state index contributed by atoms with van der Waals surface area (Å²) in [5, 5.41) is 2.46. The van der Waals surface area contributed by atoms with E-state index in [2.05, 4.69) is 10.3 Å². The van der Waals surface area contributed by atoms with Gasteiger partial charge in [-0.05, 0) is 39.8 Å². The summed E-state index contributed by atoms with van der Waals surface area (Å²) in [5.74, 6) is -1.42. The summed E-state index contributed by atoms with van der Waals surface area (Å²) in [6.07, 6.45) is -3.89. The van der Waals surface area contributed by atoms with Crippen molar-refractivity contribution in [1.29, 1.82) is 0 Å². The summed E-state index contributed by atoms with van der Waals surface area (Å²) in [6.45, 7) is 6.87. The molecule has 1 amide bonds. The largest absolute Gasteiger partial charge is 0.499 e. The van der Waals surface area contributed by atoms with Crippen LogP contribution in [-0.2, 0) is 15.5 Å². The van der Waals surface area contributed by atoms with Gasteiger partial charge in [-0.1, -0.05) is 18.2 Å². The fourth-order valence-corrected chi connectivity index (χ4v) is 3.01. The van der Waals surface area contributed by atoms with Gasteiger partial charge in [0.25, 0.3) is 5.91 Å². The van der Waals surface area contributed by atoms with E-state index in [0.717, 1.165) is 13.3 Å². The Hall–Kier alpha value is -2.59. The van der Waals surface area contributed by atoms with Gasteiger partial charge in [0.05, 0.1) is 24.5 Å². The Bertz CT molecular complexity index is 933. The molecule has 1 aromatic carbocycles. The normalized spacial score (nSPS) is 17.7. The molecule has 10 heteroatoms. The van der Waals surface area contributed by atoms with Crippen LogP contribution in [0.25, 0.3) is 0 Å². The minimum absolute atomic E-state index is 0.267. The fourth-order valence-electron chi connectivity index (χ4n) is 3.01. The maximum absolute atomic E-state index is 14.0. The van der Waals surface area contributed by atoms with E-state index >= 15 is 0 Å². The van der Waals surface area contributed by atoms with Crippen molar-refractivity contribution in [2.45, 2.75) is 45.1 Å². The standard InChI is InChI=1S/C20H22BF3N2O4/c1-18(2)19(3,4)30-21(29-18)15-14(20(22,23)24)13(28-5)11-25-16(15)26-17(27)12-9-7-6-8-10-12/h6-11H,1-5H3,(H,25,26,27). The van der Waals surface area contributed by atoms with Crippen molar-refractivity contribution < 1.29 is 32.0 Å². The molecule has 3 rings (SSSR count). The second-order valence-electron chi connectivity index (χ2n) is 7.87. The number of hydrogen-bond acceptors (Lipinski definition) is 5. The zero-order valence-corrected chi connectivity index (χ0v) is 17.3. The lowest BCUT2D eigenvalue weighted by molar-refractivity contribution is -0.138. The number of hydrogen-bond donors (Lipinski definition) is 1. The van der Waals surface area contributed by atoms with Crippen molar-refractivity contribution in [1.82, 2.24) is 4.98 Å². The van der Waals surface area contributed by atoms with Gasteiger partial charge in [0.1, 0.15) is 17.1 Å². The first-order valence-electron chi connectivity index (χ1n) is 9.23. The lowest BCUT2D eigenvalue weighted by atomic mass is 9.75. The maximum Gasteiger partial charge on any atom is 0.499 e. The summed E-state index contributed by atoms with van der Waals surface area (Å²) in [7, 11) is -0.303. The molecule has 2 aromatic rings. The number of halogens is 3. The monoisotopic (exact) mass is 422 g/mol. The minimum atomic E-state index is -4.81. The van der Waals surface area contributed by atoms with Crippen LogP contribution in [0.15, 0.2) is 36.5 Å². The van der Waals surface area contributed by atoms with Crippen molar-refractivity contribution in [3.05, 3.63) is 47.7 Å². The number of nitrogens with zero attached hydrogens (tertiary/aromatic N) is 1. The molecule has 1 aliphatic rings. The zero-order valence-electron chi connectivity index (χ0n) is 17.3. The summed E-state index contributed by atoms with van der Waals surface area (Å²) in [5.41, 5.74) is -3.08. The van der Waals surface area contributed by atoms with Gasteiger partial charge >= 0.3 is 13.3 Å². The van der Waals surface area contributed by atoms with E-state index in [1.165, 1.54) is 12.1 Å². The number of alkyl halides is 3. The molecule has 2 heterocycles. The van der Waals surface area contributed by atoms with Crippen molar-refractivity contribution >= 4 is 24.3 Å². The highest BCUT2D eigenvalue weighted by molar-refractivity contribution is 6.64. The van der Waals surface area contributed by atoms with E-state index in [0.29, 0.717) is 0 Å². The number of amides is 1.